The van der Waals surface area contributed by atoms with Gasteiger partial charge in [0.2, 0.25) is 0 Å². The molecule has 21 heavy (non-hydrogen) atoms. The smallest absolute Gasteiger partial charge is 0.191 e. The van der Waals surface area contributed by atoms with Crippen molar-refractivity contribution in [2.45, 2.75) is 0 Å². The first-order chi connectivity index (χ1) is 10.0. The van der Waals surface area contributed by atoms with Crippen LogP contribution in [0.4, 0.5) is 8.78 Å². The summed E-state index contributed by atoms with van der Waals surface area (Å²) in [5.41, 5.74) is 0.147. The van der Waals surface area contributed by atoms with Gasteiger partial charge in [-0.05, 0) is 51.8 Å². The van der Waals surface area contributed by atoms with Gasteiger partial charge in [0.05, 0.1) is 17.1 Å². The first kappa shape index (κ1) is 15.4. The number of halogens is 3. The zero-order valence-corrected chi connectivity index (χ0v) is 12.7. The first-order valence-corrected chi connectivity index (χ1v) is 6.82. The molecule has 0 N–H and O–H groups in total. The third kappa shape index (κ3) is 3.55. The molecule has 108 valence electrons. The highest BCUT2D eigenvalue weighted by Gasteiger charge is 2.14. The Balaban J connectivity index is 2.25. The molecule has 0 unspecified atom stereocenters. The van der Waals surface area contributed by atoms with Gasteiger partial charge in [-0.15, -0.1) is 0 Å². The Hall–Kier alpha value is -2.01. The van der Waals surface area contributed by atoms with Crippen molar-refractivity contribution < 1.29 is 18.3 Å². The predicted molar refractivity (Wildman–Crippen MR) is 80.4 cm³/mol. The standard InChI is InChI=1S/C16H11BrF2O2/c1-21-15-8-6-10(9-11(15)17)5-7-14(20)16-12(18)3-2-4-13(16)19/h2-9H,1H3/b7-5+. The summed E-state index contributed by atoms with van der Waals surface area (Å²) in [7, 11) is 1.54. The van der Waals surface area contributed by atoms with E-state index in [-0.39, 0.29) is 0 Å². The van der Waals surface area contributed by atoms with E-state index in [2.05, 4.69) is 15.9 Å². The molecule has 0 bridgehead atoms. The summed E-state index contributed by atoms with van der Waals surface area (Å²) in [5, 5.41) is 0. The van der Waals surface area contributed by atoms with E-state index in [1.54, 1.807) is 25.3 Å². The SMILES string of the molecule is COc1ccc(/C=C/C(=O)c2c(F)cccc2F)cc1Br. The number of hydrogen-bond donors (Lipinski definition) is 0. The van der Waals surface area contributed by atoms with Crippen LogP contribution in [0.3, 0.4) is 0 Å². The van der Waals surface area contributed by atoms with Crippen molar-refractivity contribution in [3.8, 4) is 5.75 Å². The summed E-state index contributed by atoms with van der Waals surface area (Å²) in [6.45, 7) is 0. The molecule has 0 aliphatic rings. The van der Waals surface area contributed by atoms with Gasteiger partial charge >= 0.3 is 0 Å². The summed E-state index contributed by atoms with van der Waals surface area (Å²) >= 11 is 3.32. The van der Waals surface area contributed by atoms with Gasteiger partial charge in [0.25, 0.3) is 0 Å². The van der Waals surface area contributed by atoms with E-state index in [4.69, 9.17) is 4.74 Å². The number of allylic oxidation sites excluding steroid dienone is 1. The van der Waals surface area contributed by atoms with E-state index in [0.717, 1.165) is 22.7 Å². The summed E-state index contributed by atoms with van der Waals surface area (Å²) in [4.78, 5) is 11.9. The molecule has 0 aliphatic carbocycles. The molecule has 2 aromatic rings. The normalized spacial score (nSPS) is 10.9. The minimum atomic E-state index is -0.874. The summed E-state index contributed by atoms with van der Waals surface area (Å²) < 4.78 is 32.7. The predicted octanol–water partition coefficient (Wildman–Crippen LogP) is 4.63. The number of carbonyl (C=O) groups excluding carboxylic acids is 1. The van der Waals surface area contributed by atoms with Gasteiger partial charge in [-0.3, -0.25) is 4.79 Å². The molecular weight excluding hydrogens is 342 g/mol. The molecule has 0 amide bonds. The lowest BCUT2D eigenvalue weighted by Crippen LogP contribution is -2.02. The molecule has 0 saturated carbocycles. The Morgan fingerprint density at radius 3 is 2.43 bits per heavy atom. The van der Waals surface area contributed by atoms with Crippen molar-refractivity contribution in [1.82, 2.24) is 0 Å². The zero-order valence-electron chi connectivity index (χ0n) is 11.1. The molecule has 2 aromatic carbocycles. The number of methoxy groups -OCH3 is 1. The number of carbonyl (C=O) groups is 1. The lowest BCUT2D eigenvalue weighted by atomic mass is 10.1. The second-order valence-electron chi connectivity index (χ2n) is 4.19. The average Bonchev–Trinajstić information content (AvgIpc) is 2.45. The Morgan fingerprint density at radius 1 is 1.19 bits per heavy atom. The second kappa shape index (κ2) is 6.63. The van der Waals surface area contributed by atoms with Crippen LogP contribution in [0.5, 0.6) is 5.75 Å². The summed E-state index contributed by atoms with van der Waals surface area (Å²) in [6, 6.07) is 8.50. The second-order valence-corrected chi connectivity index (χ2v) is 5.04. The van der Waals surface area contributed by atoms with Gasteiger partial charge in [0.15, 0.2) is 5.78 Å². The molecule has 2 nitrogen and oxygen atoms in total. The lowest BCUT2D eigenvalue weighted by molar-refractivity contribution is 0.104. The molecule has 0 atom stereocenters. The number of ketones is 1. The van der Waals surface area contributed by atoms with Gasteiger partial charge < -0.3 is 4.74 Å². The van der Waals surface area contributed by atoms with Crippen LogP contribution in [0.15, 0.2) is 46.9 Å². The van der Waals surface area contributed by atoms with E-state index < -0.39 is 23.0 Å². The van der Waals surface area contributed by atoms with Crippen molar-refractivity contribution in [1.29, 1.82) is 0 Å². The summed E-state index contributed by atoms with van der Waals surface area (Å²) in [6.07, 6.45) is 2.62. The Morgan fingerprint density at radius 2 is 1.86 bits per heavy atom. The lowest BCUT2D eigenvalue weighted by Gasteiger charge is -2.03. The van der Waals surface area contributed by atoms with Crippen molar-refractivity contribution in [2.24, 2.45) is 0 Å². The zero-order chi connectivity index (χ0) is 15.4. The van der Waals surface area contributed by atoms with Crippen molar-refractivity contribution in [3.63, 3.8) is 0 Å². The monoisotopic (exact) mass is 352 g/mol. The average molecular weight is 353 g/mol. The van der Waals surface area contributed by atoms with Crippen LogP contribution < -0.4 is 4.74 Å². The van der Waals surface area contributed by atoms with Crippen LogP contribution in [0.25, 0.3) is 6.08 Å². The molecule has 0 spiro atoms. The molecule has 5 heteroatoms. The van der Waals surface area contributed by atoms with Gasteiger partial charge in [-0.1, -0.05) is 18.2 Å². The maximum Gasteiger partial charge on any atom is 0.191 e. The summed E-state index contributed by atoms with van der Waals surface area (Å²) in [5.74, 6) is -1.82. The van der Waals surface area contributed by atoms with Crippen molar-refractivity contribution in [3.05, 3.63) is 69.7 Å². The van der Waals surface area contributed by atoms with Crippen LogP contribution in [0.2, 0.25) is 0 Å². The number of rotatable bonds is 4. The highest BCUT2D eigenvalue weighted by Crippen LogP contribution is 2.26. The van der Waals surface area contributed by atoms with Crippen molar-refractivity contribution in [2.75, 3.05) is 7.11 Å². The Bertz CT molecular complexity index is 691. The van der Waals surface area contributed by atoms with E-state index in [1.165, 1.54) is 12.1 Å². The number of benzene rings is 2. The molecule has 0 radical (unpaired) electrons. The van der Waals surface area contributed by atoms with Crippen LogP contribution in [0.1, 0.15) is 15.9 Å². The molecule has 2 rings (SSSR count). The molecular formula is C16H11BrF2O2. The van der Waals surface area contributed by atoms with Crippen LogP contribution in [0, 0.1) is 11.6 Å². The van der Waals surface area contributed by atoms with Gasteiger partial charge in [-0.2, -0.15) is 0 Å². The highest BCUT2D eigenvalue weighted by atomic mass is 79.9. The maximum atomic E-state index is 13.5. The van der Waals surface area contributed by atoms with Crippen LogP contribution in [-0.4, -0.2) is 12.9 Å². The number of ether oxygens (including phenoxy) is 1. The van der Waals surface area contributed by atoms with E-state index >= 15 is 0 Å². The quantitative estimate of drug-likeness (QED) is 0.592. The maximum absolute atomic E-state index is 13.5. The van der Waals surface area contributed by atoms with E-state index in [9.17, 15) is 13.6 Å². The molecule has 0 heterocycles. The highest BCUT2D eigenvalue weighted by molar-refractivity contribution is 9.10. The largest absolute Gasteiger partial charge is 0.496 e. The van der Waals surface area contributed by atoms with E-state index in [0.29, 0.717) is 11.3 Å². The Kier molecular flexibility index (Phi) is 4.85. The number of hydrogen-bond acceptors (Lipinski definition) is 2. The molecule has 0 fully saturated rings. The third-order valence-corrected chi connectivity index (χ3v) is 3.43. The van der Waals surface area contributed by atoms with Crippen LogP contribution >= 0.6 is 15.9 Å². The first-order valence-electron chi connectivity index (χ1n) is 6.03. The fourth-order valence-corrected chi connectivity index (χ4v) is 2.33. The van der Waals surface area contributed by atoms with Gasteiger partial charge in [0, 0.05) is 0 Å². The minimum Gasteiger partial charge on any atom is -0.496 e. The van der Waals surface area contributed by atoms with E-state index in [1.807, 2.05) is 0 Å². The van der Waals surface area contributed by atoms with Gasteiger partial charge in [0.1, 0.15) is 17.4 Å². The molecule has 0 aliphatic heterocycles. The minimum absolute atomic E-state index is 0.554. The van der Waals surface area contributed by atoms with Gasteiger partial charge in [-0.25, -0.2) is 8.78 Å². The third-order valence-electron chi connectivity index (χ3n) is 2.81. The molecule has 0 aromatic heterocycles. The fourth-order valence-electron chi connectivity index (χ4n) is 1.77. The Labute approximate surface area is 129 Å². The van der Waals surface area contributed by atoms with Crippen LogP contribution in [-0.2, 0) is 0 Å². The fraction of sp³-hybridized carbons (Fsp3) is 0.0625. The topological polar surface area (TPSA) is 26.3 Å². The molecule has 0 saturated heterocycles. The van der Waals surface area contributed by atoms with Crippen molar-refractivity contribution >= 4 is 27.8 Å².